The average molecular weight is 298 g/mol. The van der Waals surface area contributed by atoms with Gasteiger partial charge in [0.25, 0.3) is 0 Å². The second-order valence-corrected chi connectivity index (χ2v) is 4.35. The van der Waals surface area contributed by atoms with Crippen LogP contribution in [0.5, 0.6) is 0 Å². The molecule has 0 amide bonds. The Labute approximate surface area is 82.4 Å². The molecule has 0 bridgehead atoms. The molecule has 0 aliphatic carbocycles. The van der Waals surface area contributed by atoms with E-state index in [-0.39, 0.29) is 0 Å². The first-order valence-corrected chi connectivity index (χ1v) is 6.02. The van der Waals surface area contributed by atoms with Crippen LogP contribution < -0.4 is 0 Å². The first-order valence-electron chi connectivity index (χ1n) is 3.18. The Morgan fingerprint density at radius 1 is 1.00 bits per heavy atom. The molecule has 5 nitrogen and oxygen atoms in total. The normalized spacial score (nSPS) is 8.92. The summed E-state index contributed by atoms with van der Waals surface area (Å²) < 4.78 is 21.1. The summed E-state index contributed by atoms with van der Waals surface area (Å²) in [5.41, 5.74) is 0. The Morgan fingerprint density at radius 2 is 1.38 bits per heavy atom. The molecule has 0 saturated carbocycles. The van der Waals surface area contributed by atoms with E-state index in [2.05, 4.69) is 0 Å². The summed E-state index contributed by atoms with van der Waals surface area (Å²) in [7, 11) is -2.17. The summed E-state index contributed by atoms with van der Waals surface area (Å²) >= 11 is -3.18. The van der Waals surface area contributed by atoms with Crippen molar-refractivity contribution in [2.75, 3.05) is 0 Å². The van der Waals surface area contributed by atoms with E-state index >= 15 is 0 Å². The molecular weight excluding hydrogens is 290 g/mol. The number of hydrogen-bond donors (Lipinski definition) is 3. The van der Waals surface area contributed by atoms with Crippen molar-refractivity contribution >= 4 is 27.1 Å². The summed E-state index contributed by atoms with van der Waals surface area (Å²) in [6.45, 7) is 0. The predicted octanol–water partition coefficient (Wildman–Crippen LogP) is 0.00180. The Bertz CT molecular complexity index is 286. The summed E-state index contributed by atoms with van der Waals surface area (Å²) in [4.78, 5) is 0. The van der Waals surface area contributed by atoms with Gasteiger partial charge in [-0.25, -0.2) is 6.14 Å². The molecule has 0 fully saturated rings. The quantitative estimate of drug-likeness (QED) is 0.501. The minimum absolute atomic E-state index is 0.460. The van der Waals surface area contributed by atoms with Gasteiger partial charge in [0.15, 0.2) is 0 Å². The van der Waals surface area contributed by atoms with Crippen molar-refractivity contribution in [1.29, 1.82) is 0 Å². The maximum absolute atomic E-state index is 10.3. The van der Waals surface area contributed by atoms with Gasteiger partial charge in [0.1, 0.15) is 0 Å². The van der Waals surface area contributed by atoms with Crippen molar-refractivity contribution in [2.24, 2.45) is 0 Å². The number of benzene rings is 1. The van der Waals surface area contributed by atoms with Crippen LogP contribution in [0.15, 0.2) is 30.3 Å². The molecule has 0 heterocycles. The van der Waals surface area contributed by atoms with Crippen molar-refractivity contribution in [2.45, 2.75) is 0 Å². The molecule has 7 heteroatoms. The molecule has 1 aromatic carbocycles. The van der Waals surface area contributed by atoms with E-state index in [0.717, 1.165) is 0 Å². The zero-order valence-electron chi connectivity index (χ0n) is 6.50. The molecular formula is C6H8BIO5. The standard InChI is InChI=1S/C6H5IO2.BH3O3/c8-7(9)6-4-2-1-3-5-6;2-1(3)4/h1-5H;2-4H. The second-order valence-electron chi connectivity index (χ2n) is 1.86. The molecule has 0 aromatic heterocycles. The van der Waals surface area contributed by atoms with Crippen LogP contribution in [0.1, 0.15) is 0 Å². The van der Waals surface area contributed by atoms with Crippen LogP contribution in [0.3, 0.4) is 0 Å². The third-order valence-electron chi connectivity index (χ3n) is 0.911. The van der Waals surface area contributed by atoms with Crippen molar-refractivity contribution in [3.05, 3.63) is 33.9 Å². The lowest BCUT2D eigenvalue weighted by atomic mass is 10.3. The molecule has 0 saturated heterocycles. The fourth-order valence-corrected chi connectivity index (χ4v) is 1.52. The molecule has 3 N–H and O–H groups in total. The molecule has 0 aliphatic heterocycles. The summed E-state index contributed by atoms with van der Waals surface area (Å²) in [5.74, 6) is 0. The Hall–Kier alpha value is -0.505. The van der Waals surface area contributed by atoms with Gasteiger partial charge < -0.3 is 15.1 Å². The number of rotatable bonds is 1. The van der Waals surface area contributed by atoms with Crippen LogP contribution in [-0.4, -0.2) is 22.4 Å². The average Bonchev–Trinajstić information content (AvgIpc) is 2.05. The van der Waals surface area contributed by atoms with Crippen molar-refractivity contribution in [1.82, 2.24) is 0 Å². The third-order valence-corrected chi connectivity index (χ3v) is 2.65. The number of hydrogen-bond acceptors (Lipinski definition) is 5. The summed E-state index contributed by atoms with van der Waals surface area (Å²) in [6, 6.07) is 8.43. The van der Waals surface area contributed by atoms with Gasteiger partial charge in [0.05, 0.1) is 3.57 Å². The second kappa shape index (κ2) is 6.95. The molecule has 0 atom stereocenters. The Kier molecular flexibility index (Phi) is 6.68. The molecule has 0 aliphatic rings. The minimum atomic E-state index is -3.18. The lowest BCUT2D eigenvalue weighted by Gasteiger charge is -1.81. The van der Waals surface area contributed by atoms with Gasteiger partial charge in [-0.1, -0.05) is 18.2 Å². The molecule has 0 spiro atoms. The van der Waals surface area contributed by atoms with Crippen LogP contribution in [0.4, 0.5) is 0 Å². The molecule has 1 aromatic rings. The van der Waals surface area contributed by atoms with Gasteiger partial charge in [0, 0.05) is 0 Å². The fourth-order valence-electron chi connectivity index (χ4n) is 0.518. The molecule has 0 radical (unpaired) electrons. The van der Waals surface area contributed by atoms with Crippen LogP contribution in [0, 0.1) is 3.57 Å². The van der Waals surface area contributed by atoms with Crippen LogP contribution >= 0.6 is 19.8 Å². The van der Waals surface area contributed by atoms with Crippen LogP contribution in [0.2, 0.25) is 0 Å². The van der Waals surface area contributed by atoms with Gasteiger partial charge >= 0.3 is 27.1 Å². The summed E-state index contributed by atoms with van der Waals surface area (Å²) in [6.07, 6.45) is 0. The van der Waals surface area contributed by atoms with E-state index in [1.807, 2.05) is 0 Å². The molecule has 1 rings (SSSR count). The highest BCUT2D eigenvalue weighted by molar-refractivity contribution is 14.2. The van der Waals surface area contributed by atoms with Crippen molar-refractivity contribution in [3.63, 3.8) is 0 Å². The zero-order valence-corrected chi connectivity index (χ0v) is 8.66. The molecule has 72 valence electrons. The van der Waals surface area contributed by atoms with Gasteiger partial charge in [0.2, 0.25) is 0 Å². The third kappa shape index (κ3) is 7.84. The SMILES string of the molecule is O=I(=O)c1ccccc1.OB(O)O. The van der Waals surface area contributed by atoms with Crippen molar-refractivity contribution < 1.29 is 21.2 Å². The van der Waals surface area contributed by atoms with E-state index < -0.39 is 27.1 Å². The Balaban J connectivity index is 0.000000310. The van der Waals surface area contributed by atoms with E-state index in [4.69, 9.17) is 15.1 Å². The lowest BCUT2D eigenvalue weighted by Crippen LogP contribution is -2.07. The number of halogens is 1. The zero-order chi connectivity index (χ0) is 10.3. The molecule has 0 unspecified atom stereocenters. The monoisotopic (exact) mass is 298 g/mol. The van der Waals surface area contributed by atoms with E-state index in [1.165, 1.54) is 0 Å². The molecule has 13 heavy (non-hydrogen) atoms. The highest BCUT2D eigenvalue weighted by Crippen LogP contribution is 2.14. The first-order chi connectivity index (χ1) is 6.04. The van der Waals surface area contributed by atoms with Gasteiger partial charge in [-0.05, 0) is 12.1 Å². The maximum Gasteiger partial charge on any atom is 0.631 e. The fraction of sp³-hybridized carbons (Fsp3) is 0. The minimum Gasteiger partial charge on any atom is -0.402 e. The van der Waals surface area contributed by atoms with E-state index in [0.29, 0.717) is 3.57 Å². The van der Waals surface area contributed by atoms with Gasteiger partial charge in [-0.15, -0.1) is 0 Å². The predicted molar refractivity (Wildman–Crippen MR) is 52.9 cm³/mol. The smallest absolute Gasteiger partial charge is 0.402 e. The van der Waals surface area contributed by atoms with E-state index in [9.17, 15) is 6.14 Å². The van der Waals surface area contributed by atoms with Gasteiger partial charge in [-0.3, -0.25) is 0 Å². The first kappa shape index (κ1) is 12.5. The van der Waals surface area contributed by atoms with Crippen LogP contribution in [-0.2, 0) is 6.14 Å². The largest absolute Gasteiger partial charge is 0.631 e. The maximum atomic E-state index is 10.3. The highest BCUT2D eigenvalue weighted by Gasteiger charge is 1.92. The topological polar surface area (TPSA) is 94.8 Å². The van der Waals surface area contributed by atoms with Crippen LogP contribution in [0.25, 0.3) is 0 Å². The Morgan fingerprint density at radius 3 is 1.62 bits per heavy atom. The van der Waals surface area contributed by atoms with E-state index in [1.54, 1.807) is 30.3 Å². The lowest BCUT2D eigenvalue weighted by molar-refractivity contribution is 0.278. The van der Waals surface area contributed by atoms with Crippen molar-refractivity contribution in [3.8, 4) is 0 Å². The van der Waals surface area contributed by atoms with Gasteiger partial charge in [-0.2, -0.15) is 0 Å². The summed E-state index contributed by atoms with van der Waals surface area (Å²) in [5, 5.41) is 21.5. The highest BCUT2D eigenvalue weighted by atomic mass is 127.